The molecule has 0 fully saturated rings. The summed E-state index contributed by atoms with van der Waals surface area (Å²) in [4.78, 5) is 10.7. The predicted molar refractivity (Wildman–Crippen MR) is 48.9 cm³/mol. The summed E-state index contributed by atoms with van der Waals surface area (Å²) >= 11 is 0. The van der Waals surface area contributed by atoms with Gasteiger partial charge in [-0.2, -0.15) is 0 Å². The highest BCUT2D eigenvalue weighted by Crippen LogP contribution is 2.03. The van der Waals surface area contributed by atoms with Gasteiger partial charge < -0.3 is 0 Å². The lowest BCUT2D eigenvalue weighted by Crippen LogP contribution is -2.29. The lowest BCUT2D eigenvalue weighted by Gasteiger charge is -2.03. The molecule has 0 heterocycles. The van der Waals surface area contributed by atoms with Gasteiger partial charge in [0.25, 0.3) is 0 Å². The third-order valence-electron chi connectivity index (χ3n) is 2.23. The van der Waals surface area contributed by atoms with E-state index in [1.165, 1.54) is 5.22 Å². The summed E-state index contributed by atoms with van der Waals surface area (Å²) in [5.41, 5.74) is 0.938. The quantitative estimate of drug-likeness (QED) is 0.547. The highest BCUT2D eigenvalue weighted by atomic mass is 16.1. The maximum Gasteiger partial charge on any atom is 0.146 e. The van der Waals surface area contributed by atoms with E-state index in [2.05, 4.69) is 12.1 Å². The van der Waals surface area contributed by atoms with Crippen molar-refractivity contribution in [2.24, 2.45) is 0 Å². The fourth-order valence-electron chi connectivity index (χ4n) is 1.61. The molecule has 1 aromatic carbocycles. The first-order valence-corrected chi connectivity index (χ1v) is 4.15. The number of fused-ring (bicyclic) bond motifs is 1. The van der Waals surface area contributed by atoms with Crippen LogP contribution in [-0.2, 0) is 4.79 Å². The van der Waals surface area contributed by atoms with Crippen LogP contribution < -0.4 is 10.4 Å². The molecule has 0 aliphatic heterocycles. The Balaban J connectivity index is 2.87. The van der Waals surface area contributed by atoms with Crippen LogP contribution in [0.5, 0.6) is 0 Å². The average Bonchev–Trinajstić information content (AvgIpc) is 2.17. The average molecular weight is 158 g/mol. The number of carbonyl (C=O) groups is 1. The van der Waals surface area contributed by atoms with Crippen molar-refractivity contribution in [2.45, 2.75) is 12.8 Å². The highest BCUT2D eigenvalue weighted by molar-refractivity contribution is 5.98. The van der Waals surface area contributed by atoms with Gasteiger partial charge in [0.05, 0.1) is 0 Å². The second kappa shape index (κ2) is 2.94. The van der Waals surface area contributed by atoms with Crippen molar-refractivity contribution in [1.82, 2.24) is 0 Å². The summed E-state index contributed by atoms with van der Waals surface area (Å²) in [6.07, 6.45) is 5.04. The van der Waals surface area contributed by atoms with Crippen LogP contribution in [0.4, 0.5) is 0 Å². The van der Waals surface area contributed by atoms with Crippen molar-refractivity contribution in [3.63, 3.8) is 0 Å². The molecule has 0 aromatic heterocycles. The Labute approximate surface area is 71.0 Å². The molecule has 2 rings (SSSR count). The minimum Gasteiger partial charge on any atom is -0.298 e. The van der Waals surface area contributed by atoms with Crippen LogP contribution in [0.2, 0.25) is 0 Å². The fraction of sp³-hybridized carbons (Fsp3) is 0.182. The van der Waals surface area contributed by atoms with Gasteiger partial charge in [-0.05, 0) is 28.9 Å². The molecule has 60 valence electrons. The van der Waals surface area contributed by atoms with E-state index in [-0.39, 0.29) is 0 Å². The van der Waals surface area contributed by atoms with Crippen LogP contribution in [0, 0.1) is 0 Å². The largest absolute Gasteiger partial charge is 0.298 e. The van der Waals surface area contributed by atoms with Gasteiger partial charge in [0.1, 0.15) is 6.29 Å². The van der Waals surface area contributed by atoms with Crippen molar-refractivity contribution in [2.75, 3.05) is 0 Å². The van der Waals surface area contributed by atoms with E-state index in [1.54, 1.807) is 0 Å². The molecule has 0 saturated heterocycles. The van der Waals surface area contributed by atoms with E-state index >= 15 is 0 Å². The van der Waals surface area contributed by atoms with Crippen molar-refractivity contribution in [3.05, 3.63) is 34.7 Å². The first-order valence-electron chi connectivity index (χ1n) is 4.15. The second-order valence-corrected chi connectivity index (χ2v) is 2.97. The lowest BCUT2D eigenvalue weighted by atomic mass is 10.0. The van der Waals surface area contributed by atoms with E-state index < -0.39 is 0 Å². The molecule has 0 saturated carbocycles. The van der Waals surface area contributed by atoms with Gasteiger partial charge in [-0.1, -0.05) is 30.3 Å². The SMILES string of the molecule is O=CC1=c2ccccc2=CCC1. The number of carbonyl (C=O) groups excluding carboxylic acids is 1. The number of hydrogen-bond donors (Lipinski definition) is 0. The minimum atomic E-state index is 0.889. The zero-order chi connectivity index (χ0) is 8.39. The van der Waals surface area contributed by atoms with Crippen LogP contribution in [-0.4, -0.2) is 6.29 Å². The fourth-order valence-corrected chi connectivity index (χ4v) is 1.61. The van der Waals surface area contributed by atoms with Crippen LogP contribution in [0.1, 0.15) is 12.8 Å². The Bertz CT molecular complexity index is 415. The Morgan fingerprint density at radius 2 is 2.08 bits per heavy atom. The van der Waals surface area contributed by atoms with E-state index in [1.807, 2.05) is 18.2 Å². The van der Waals surface area contributed by atoms with Gasteiger partial charge in [-0.15, -0.1) is 0 Å². The van der Waals surface area contributed by atoms with Crippen molar-refractivity contribution in [3.8, 4) is 0 Å². The van der Waals surface area contributed by atoms with Gasteiger partial charge in [-0.25, -0.2) is 0 Å². The molecule has 0 unspecified atom stereocenters. The minimum absolute atomic E-state index is 0.889. The van der Waals surface area contributed by atoms with Gasteiger partial charge >= 0.3 is 0 Å². The zero-order valence-electron chi connectivity index (χ0n) is 6.79. The molecule has 0 N–H and O–H groups in total. The van der Waals surface area contributed by atoms with Gasteiger partial charge in [0.2, 0.25) is 0 Å². The summed E-state index contributed by atoms with van der Waals surface area (Å²) in [6, 6.07) is 8.04. The molecule has 0 amide bonds. The third kappa shape index (κ3) is 1.07. The normalized spacial score (nSPS) is 14.8. The van der Waals surface area contributed by atoms with E-state index in [0.717, 1.165) is 29.9 Å². The number of benzene rings is 1. The number of hydrogen-bond acceptors (Lipinski definition) is 1. The molecule has 1 heteroatoms. The number of rotatable bonds is 1. The van der Waals surface area contributed by atoms with Crippen molar-refractivity contribution in [1.29, 1.82) is 0 Å². The van der Waals surface area contributed by atoms with Gasteiger partial charge in [-0.3, -0.25) is 4.79 Å². The van der Waals surface area contributed by atoms with Gasteiger partial charge in [0, 0.05) is 0 Å². The Hall–Kier alpha value is -1.37. The topological polar surface area (TPSA) is 17.1 Å². The van der Waals surface area contributed by atoms with Crippen LogP contribution in [0.25, 0.3) is 11.6 Å². The molecule has 12 heavy (non-hydrogen) atoms. The summed E-state index contributed by atoms with van der Waals surface area (Å²) in [5.74, 6) is 0. The molecule has 0 atom stereocenters. The highest BCUT2D eigenvalue weighted by Gasteiger charge is 2.01. The summed E-state index contributed by atoms with van der Waals surface area (Å²) in [6.45, 7) is 0. The lowest BCUT2D eigenvalue weighted by molar-refractivity contribution is -0.103. The van der Waals surface area contributed by atoms with E-state index in [0.29, 0.717) is 0 Å². The number of aldehydes is 1. The Morgan fingerprint density at radius 1 is 1.25 bits per heavy atom. The monoisotopic (exact) mass is 158 g/mol. The van der Waals surface area contributed by atoms with E-state index in [4.69, 9.17) is 0 Å². The first-order chi connectivity index (χ1) is 5.92. The predicted octanol–water partition coefficient (Wildman–Crippen LogP) is 0.611. The second-order valence-electron chi connectivity index (χ2n) is 2.97. The smallest absolute Gasteiger partial charge is 0.146 e. The maximum absolute atomic E-state index is 10.7. The standard InChI is InChI=1S/C11H10O/c12-8-10-6-3-5-9-4-1-2-7-11(9)10/h1-2,4-5,7-8H,3,6H2. The molecule has 1 aromatic rings. The Morgan fingerprint density at radius 3 is 2.92 bits per heavy atom. The summed E-state index contributed by atoms with van der Waals surface area (Å²) in [5, 5.41) is 2.31. The molecule has 1 aliphatic rings. The van der Waals surface area contributed by atoms with Crippen LogP contribution in [0.3, 0.4) is 0 Å². The Kier molecular flexibility index (Phi) is 1.78. The molecule has 0 radical (unpaired) electrons. The molecular formula is C11H10O. The third-order valence-corrected chi connectivity index (χ3v) is 2.23. The zero-order valence-corrected chi connectivity index (χ0v) is 6.79. The van der Waals surface area contributed by atoms with Crippen LogP contribution >= 0.6 is 0 Å². The molecular weight excluding hydrogens is 148 g/mol. The van der Waals surface area contributed by atoms with Crippen molar-refractivity contribution < 1.29 is 4.79 Å². The molecule has 1 nitrogen and oxygen atoms in total. The molecule has 0 bridgehead atoms. The van der Waals surface area contributed by atoms with E-state index in [9.17, 15) is 4.79 Å². The first kappa shape index (κ1) is 7.29. The molecule has 0 spiro atoms. The van der Waals surface area contributed by atoms with Gasteiger partial charge in [0.15, 0.2) is 0 Å². The van der Waals surface area contributed by atoms with Crippen molar-refractivity contribution >= 4 is 17.9 Å². The van der Waals surface area contributed by atoms with Crippen LogP contribution in [0.15, 0.2) is 24.3 Å². The maximum atomic E-state index is 10.7. The molecule has 1 aliphatic carbocycles. The summed E-state index contributed by atoms with van der Waals surface area (Å²) < 4.78 is 0. The summed E-state index contributed by atoms with van der Waals surface area (Å²) in [7, 11) is 0.